The third kappa shape index (κ3) is 5.26. The summed E-state index contributed by atoms with van der Waals surface area (Å²) in [6.07, 6.45) is 12.8. The van der Waals surface area contributed by atoms with Gasteiger partial charge in [-0.2, -0.15) is 4.94 Å². The molecule has 0 aromatic carbocycles. The fourth-order valence-electron chi connectivity index (χ4n) is 7.55. The van der Waals surface area contributed by atoms with Crippen molar-refractivity contribution in [3.8, 4) is 0 Å². The van der Waals surface area contributed by atoms with Crippen molar-refractivity contribution in [3.63, 3.8) is 0 Å². The van der Waals surface area contributed by atoms with Gasteiger partial charge in [-0.05, 0) is 104 Å². The molecular weight excluding hydrogens is 363 g/mol. The second-order valence-corrected chi connectivity index (χ2v) is 9.99. The Morgan fingerprint density at radius 2 is 1.69 bits per heavy atom. The molecule has 7 unspecified atom stereocenters. The highest BCUT2D eigenvalue weighted by Crippen LogP contribution is 2.64. The van der Waals surface area contributed by atoms with Gasteiger partial charge in [-0.25, -0.2) is 0 Å². The topological polar surface area (TPSA) is 29.5 Å². The summed E-state index contributed by atoms with van der Waals surface area (Å²) in [5.41, 5.74) is 2.43. The lowest BCUT2D eigenvalue weighted by Crippen LogP contribution is -2.52. The number of hydrogen-bond acceptors (Lipinski definition) is 2. The molecule has 0 aromatic rings. The van der Waals surface area contributed by atoms with E-state index in [0.29, 0.717) is 23.4 Å². The van der Waals surface area contributed by atoms with Gasteiger partial charge in [-0.15, -0.1) is 0 Å². The molecule has 29 heavy (non-hydrogen) atoms. The van der Waals surface area contributed by atoms with E-state index in [-0.39, 0.29) is 0 Å². The smallest absolute Gasteiger partial charge is 0.0904 e. The Bertz CT molecular complexity index is 505. The van der Waals surface area contributed by atoms with Crippen LogP contribution in [-0.2, 0) is 4.94 Å². The van der Waals surface area contributed by atoms with Crippen LogP contribution in [0.2, 0.25) is 0 Å². The van der Waals surface area contributed by atoms with E-state index >= 15 is 0 Å². The second kappa shape index (κ2) is 11.8. The van der Waals surface area contributed by atoms with Gasteiger partial charge in [-0.3, -0.25) is 0 Å². The molecule has 0 amide bonds. The molecule has 3 fully saturated rings. The minimum atomic E-state index is 0.312. The molecule has 0 saturated heterocycles. The van der Waals surface area contributed by atoms with Gasteiger partial charge in [0, 0.05) is 7.11 Å². The summed E-state index contributed by atoms with van der Waals surface area (Å²) in [5, 5.41) is 7.00. The van der Waals surface area contributed by atoms with Crippen LogP contribution in [0.3, 0.4) is 0 Å². The summed E-state index contributed by atoms with van der Waals surface area (Å²) in [6, 6.07) is 0. The van der Waals surface area contributed by atoms with Gasteiger partial charge < -0.3 is 5.11 Å². The first-order valence-corrected chi connectivity index (χ1v) is 12.2. The molecule has 0 aromatic heterocycles. The Morgan fingerprint density at radius 3 is 2.24 bits per heavy atom. The summed E-state index contributed by atoms with van der Waals surface area (Å²) in [7, 11) is 1.00. The zero-order chi connectivity index (χ0) is 22.2. The van der Waals surface area contributed by atoms with Crippen molar-refractivity contribution in [2.75, 3.05) is 13.7 Å². The molecule has 0 radical (unpaired) electrons. The maximum absolute atomic E-state index is 12.4. The predicted octanol–water partition coefficient (Wildman–Crippen LogP) is 7.76. The number of fused-ring (bicyclic) bond motifs is 3. The Hall–Kier alpha value is -0.410. The number of hydrogen-bond donors (Lipinski definition) is 1. The van der Waals surface area contributed by atoms with Gasteiger partial charge in [0.05, 0.1) is 6.61 Å². The number of aliphatic hydroxyl groups is 1. The Balaban J connectivity index is 0.000000989. The molecular formula is C26H49FO2. The summed E-state index contributed by atoms with van der Waals surface area (Å²) in [4.78, 5) is 4.01. The van der Waals surface area contributed by atoms with E-state index in [9.17, 15) is 4.53 Å². The van der Waals surface area contributed by atoms with Crippen molar-refractivity contribution in [3.05, 3.63) is 11.6 Å². The van der Waals surface area contributed by atoms with E-state index in [1.165, 1.54) is 44.9 Å². The number of aliphatic hydroxyl groups excluding tert-OH is 1. The molecule has 3 aliphatic carbocycles. The monoisotopic (exact) mass is 412 g/mol. The normalized spacial score (nSPS) is 41.7. The molecule has 1 N–H and O–H groups in total. The Labute approximate surface area is 180 Å². The lowest BCUT2D eigenvalue weighted by atomic mass is 9.44. The fraction of sp³-hybridized carbons (Fsp3) is 0.923. The average Bonchev–Trinajstić information content (AvgIpc) is 2.75. The van der Waals surface area contributed by atoms with Gasteiger partial charge >= 0.3 is 0 Å². The van der Waals surface area contributed by atoms with Crippen LogP contribution in [-0.4, -0.2) is 18.8 Å². The minimum absolute atomic E-state index is 0.312. The van der Waals surface area contributed by atoms with Gasteiger partial charge in [-0.1, -0.05) is 52.7 Å². The van der Waals surface area contributed by atoms with Crippen LogP contribution in [0, 0.1) is 40.4 Å². The van der Waals surface area contributed by atoms with Crippen molar-refractivity contribution >= 4 is 0 Å². The second-order valence-electron chi connectivity index (χ2n) is 9.99. The standard InChI is InChI=1S/C23H39FO.C2H6.CH4O/c1-6-16(3)23(5)13-11-19-18(20(23)7-2)10-12-22(4)14-17(15-25-24)8-9-21(19)22;2*1-2/h6,17-21H,7-15H2,1-5H3;1-2H3;2H,1H3/b16-6-;;. The quantitative estimate of drug-likeness (QED) is 0.478. The van der Waals surface area contributed by atoms with E-state index in [4.69, 9.17) is 5.11 Å². The highest BCUT2D eigenvalue weighted by atomic mass is 19.3. The molecule has 3 saturated carbocycles. The Kier molecular flexibility index (Phi) is 10.9. The summed E-state index contributed by atoms with van der Waals surface area (Å²) in [6.45, 7) is 16.3. The molecule has 3 aliphatic rings. The first-order valence-electron chi connectivity index (χ1n) is 12.2. The van der Waals surface area contributed by atoms with Crippen LogP contribution in [0.25, 0.3) is 0 Å². The summed E-state index contributed by atoms with van der Waals surface area (Å²) >= 11 is 0. The van der Waals surface area contributed by atoms with Crippen molar-refractivity contribution < 1.29 is 14.6 Å². The van der Waals surface area contributed by atoms with Gasteiger partial charge in [0.15, 0.2) is 0 Å². The van der Waals surface area contributed by atoms with E-state index < -0.39 is 0 Å². The van der Waals surface area contributed by atoms with Crippen LogP contribution >= 0.6 is 0 Å². The van der Waals surface area contributed by atoms with E-state index in [2.05, 4.69) is 45.6 Å². The highest BCUT2D eigenvalue weighted by molar-refractivity contribution is 5.16. The SMILES string of the molecule is C/C=C(/C)C1(C)CCC2C(CCC3(C)CC(COF)CCC23)C1CC.CC.CO. The third-order valence-corrected chi connectivity index (χ3v) is 9.06. The predicted molar refractivity (Wildman–Crippen MR) is 122 cm³/mol. The van der Waals surface area contributed by atoms with Crippen LogP contribution in [0.5, 0.6) is 0 Å². The number of halogens is 1. The first-order chi connectivity index (χ1) is 13.9. The van der Waals surface area contributed by atoms with Crippen molar-refractivity contribution in [1.29, 1.82) is 0 Å². The van der Waals surface area contributed by atoms with E-state index in [1.54, 1.807) is 5.57 Å². The van der Waals surface area contributed by atoms with Crippen LogP contribution in [0.4, 0.5) is 4.53 Å². The van der Waals surface area contributed by atoms with E-state index in [1.807, 2.05) is 13.8 Å². The van der Waals surface area contributed by atoms with E-state index in [0.717, 1.165) is 37.2 Å². The minimum Gasteiger partial charge on any atom is -0.400 e. The number of rotatable bonds is 4. The first kappa shape index (κ1) is 26.6. The summed E-state index contributed by atoms with van der Waals surface area (Å²) in [5.74, 6) is 3.91. The molecule has 3 rings (SSSR count). The van der Waals surface area contributed by atoms with Gasteiger partial charge in [0.2, 0.25) is 0 Å². The molecule has 0 heterocycles. The molecule has 172 valence electrons. The lowest BCUT2D eigenvalue weighted by molar-refractivity contribution is -0.164. The highest BCUT2D eigenvalue weighted by Gasteiger charge is 2.55. The maximum atomic E-state index is 12.4. The Morgan fingerprint density at radius 1 is 1.07 bits per heavy atom. The largest absolute Gasteiger partial charge is 0.400 e. The molecule has 3 heteroatoms. The van der Waals surface area contributed by atoms with Gasteiger partial charge in [0.1, 0.15) is 0 Å². The van der Waals surface area contributed by atoms with Crippen molar-refractivity contribution in [1.82, 2.24) is 0 Å². The van der Waals surface area contributed by atoms with Crippen LogP contribution in [0.1, 0.15) is 99.8 Å². The third-order valence-electron chi connectivity index (χ3n) is 9.06. The van der Waals surface area contributed by atoms with Crippen LogP contribution < -0.4 is 0 Å². The fourth-order valence-corrected chi connectivity index (χ4v) is 7.55. The average molecular weight is 413 g/mol. The zero-order valence-corrected chi connectivity index (χ0v) is 20.6. The van der Waals surface area contributed by atoms with Crippen molar-refractivity contribution in [2.24, 2.45) is 40.4 Å². The molecule has 0 bridgehead atoms. The van der Waals surface area contributed by atoms with Crippen molar-refractivity contribution in [2.45, 2.75) is 99.8 Å². The molecule has 2 nitrogen and oxygen atoms in total. The lowest BCUT2D eigenvalue weighted by Gasteiger charge is -2.60. The number of allylic oxidation sites excluding steroid dienone is 2. The summed E-state index contributed by atoms with van der Waals surface area (Å²) < 4.78 is 12.4. The zero-order valence-electron chi connectivity index (χ0n) is 20.6. The molecule has 7 atom stereocenters. The molecule has 0 spiro atoms. The maximum Gasteiger partial charge on any atom is 0.0904 e. The van der Waals surface area contributed by atoms with Crippen LogP contribution in [0.15, 0.2) is 11.6 Å². The van der Waals surface area contributed by atoms with Gasteiger partial charge in [0.25, 0.3) is 0 Å². The molecule has 0 aliphatic heterocycles.